The lowest BCUT2D eigenvalue weighted by Gasteiger charge is -2.15. The summed E-state index contributed by atoms with van der Waals surface area (Å²) in [7, 11) is 2.10. The number of nitrogens with one attached hydrogen (secondary N) is 1. The van der Waals surface area contributed by atoms with E-state index in [0.29, 0.717) is 0 Å². The van der Waals surface area contributed by atoms with Crippen molar-refractivity contribution in [1.82, 2.24) is 29.7 Å². The molecule has 0 aliphatic carbocycles. The maximum Gasteiger partial charge on any atom is 0.159 e. The van der Waals surface area contributed by atoms with Crippen molar-refractivity contribution in [2.24, 2.45) is 0 Å². The third kappa shape index (κ3) is 3.33. The van der Waals surface area contributed by atoms with E-state index in [1.54, 1.807) is 0 Å². The predicted molar refractivity (Wildman–Crippen MR) is 94.9 cm³/mol. The number of hydrogen-bond acceptors (Lipinski definition) is 4. The standard InChI is InChI=1S/C18H26N6/c1-12-7-13(2)24-17(20-12)14(9-19-24)10-23(6)11-15-8-16(22-21-15)18(3,4)5/h7-9H,10-11H2,1-6H3,(H,21,22). The van der Waals surface area contributed by atoms with Crippen LogP contribution in [0.3, 0.4) is 0 Å². The van der Waals surface area contributed by atoms with Crippen molar-refractivity contribution in [3.05, 3.63) is 46.7 Å². The average molecular weight is 326 g/mol. The van der Waals surface area contributed by atoms with Crippen molar-refractivity contribution in [2.45, 2.75) is 53.1 Å². The van der Waals surface area contributed by atoms with Crippen LogP contribution in [-0.4, -0.2) is 36.7 Å². The van der Waals surface area contributed by atoms with Gasteiger partial charge in [-0.25, -0.2) is 9.50 Å². The molecule has 0 unspecified atom stereocenters. The highest BCUT2D eigenvalue weighted by molar-refractivity contribution is 5.47. The Kier molecular flexibility index (Phi) is 4.17. The molecule has 0 saturated carbocycles. The van der Waals surface area contributed by atoms with Crippen LogP contribution >= 0.6 is 0 Å². The van der Waals surface area contributed by atoms with Gasteiger partial charge in [0.25, 0.3) is 0 Å². The average Bonchev–Trinajstić information content (AvgIpc) is 3.06. The second-order valence-corrected chi connectivity index (χ2v) is 7.64. The van der Waals surface area contributed by atoms with Gasteiger partial charge in [0.2, 0.25) is 0 Å². The molecule has 0 amide bonds. The molecule has 6 nitrogen and oxygen atoms in total. The summed E-state index contributed by atoms with van der Waals surface area (Å²) >= 11 is 0. The molecule has 3 heterocycles. The molecule has 0 aromatic carbocycles. The molecule has 0 radical (unpaired) electrons. The van der Waals surface area contributed by atoms with Crippen LogP contribution in [0, 0.1) is 13.8 Å². The molecular weight excluding hydrogens is 300 g/mol. The molecule has 0 spiro atoms. The van der Waals surface area contributed by atoms with Crippen LogP contribution in [0.1, 0.15) is 49.1 Å². The first-order valence-electron chi connectivity index (χ1n) is 8.28. The van der Waals surface area contributed by atoms with Gasteiger partial charge >= 0.3 is 0 Å². The lowest BCUT2D eigenvalue weighted by atomic mass is 9.92. The second kappa shape index (κ2) is 6.02. The molecule has 1 N–H and O–H groups in total. The normalized spacial score (nSPS) is 12.5. The summed E-state index contributed by atoms with van der Waals surface area (Å²) < 4.78 is 1.91. The number of rotatable bonds is 4. The molecule has 0 fully saturated rings. The predicted octanol–water partition coefficient (Wildman–Crippen LogP) is 3.00. The number of aromatic nitrogens is 5. The number of aromatic amines is 1. The lowest BCUT2D eigenvalue weighted by Crippen LogP contribution is -2.17. The van der Waals surface area contributed by atoms with E-state index in [2.05, 4.69) is 66.0 Å². The van der Waals surface area contributed by atoms with Gasteiger partial charge in [-0.15, -0.1) is 0 Å². The highest BCUT2D eigenvalue weighted by Gasteiger charge is 2.18. The largest absolute Gasteiger partial charge is 0.296 e. The Hall–Kier alpha value is -2.21. The molecule has 0 atom stereocenters. The highest BCUT2D eigenvalue weighted by atomic mass is 15.3. The maximum atomic E-state index is 4.65. The minimum atomic E-state index is 0.0642. The van der Waals surface area contributed by atoms with Crippen LogP contribution in [-0.2, 0) is 18.5 Å². The minimum absolute atomic E-state index is 0.0642. The Labute approximate surface area is 142 Å². The van der Waals surface area contributed by atoms with E-state index < -0.39 is 0 Å². The van der Waals surface area contributed by atoms with Gasteiger partial charge in [-0.1, -0.05) is 20.8 Å². The summed E-state index contributed by atoms with van der Waals surface area (Å²) in [4.78, 5) is 6.89. The maximum absolute atomic E-state index is 4.65. The Balaban J connectivity index is 1.76. The van der Waals surface area contributed by atoms with Crippen LogP contribution in [0.5, 0.6) is 0 Å². The number of nitrogens with zero attached hydrogens (tertiary/aromatic N) is 5. The van der Waals surface area contributed by atoms with Crippen molar-refractivity contribution >= 4 is 5.65 Å². The first kappa shape index (κ1) is 16.6. The summed E-state index contributed by atoms with van der Waals surface area (Å²) in [6, 6.07) is 4.20. The van der Waals surface area contributed by atoms with Crippen LogP contribution < -0.4 is 0 Å². The molecule has 128 valence electrons. The Morgan fingerprint density at radius 2 is 1.92 bits per heavy atom. The third-order valence-corrected chi connectivity index (χ3v) is 4.13. The summed E-state index contributed by atoms with van der Waals surface area (Å²) in [6.45, 7) is 12.2. The van der Waals surface area contributed by atoms with Gasteiger partial charge in [-0.05, 0) is 33.0 Å². The molecule has 0 bridgehead atoms. The molecular formula is C18H26N6. The third-order valence-electron chi connectivity index (χ3n) is 4.13. The van der Waals surface area contributed by atoms with Gasteiger partial charge in [-0.2, -0.15) is 10.2 Å². The second-order valence-electron chi connectivity index (χ2n) is 7.64. The van der Waals surface area contributed by atoms with E-state index in [-0.39, 0.29) is 5.41 Å². The highest BCUT2D eigenvalue weighted by Crippen LogP contribution is 2.21. The lowest BCUT2D eigenvalue weighted by molar-refractivity contribution is 0.316. The van der Waals surface area contributed by atoms with Crippen LogP contribution in [0.2, 0.25) is 0 Å². The van der Waals surface area contributed by atoms with E-state index in [1.165, 1.54) is 0 Å². The van der Waals surface area contributed by atoms with Crippen LogP contribution in [0.15, 0.2) is 18.3 Å². The van der Waals surface area contributed by atoms with Gasteiger partial charge in [0.1, 0.15) is 0 Å². The van der Waals surface area contributed by atoms with Crippen LogP contribution in [0.4, 0.5) is 0 Å². The molecule has 0 aliphatic rings. The van der Waals surface area contributed by atoms with Crippen LogP contribution in [0.25, 0.3) is 5.65 Å². The zero-order chi connectivity index (χ0) is 17.5. The Morgan fingerprint density at radius 3 is 2.58 bits per heavy atom. The smallest absolute Gasteiger partial charge is 0.159 e. The topological polar surface area (TPSA) is 62.1 Å². The van der Waals surface area contributed by atoms with E-state index in [4.69, 9.17) is 0 Å². The molecule has 0 saturated heterocycles. The summed E-state index contributed by atoms with van der Waals surface area (Å²) in [5.74, 6) is 0. The Bertz CT molecular complexity index is 852. The van der Waals surface area contributed by atoms with E-state index >= 15 is 0 Å². The zero-order valence-corrected chi connectivity index (χ0v) is 15.4. The van der Waals surface area contributed by atoms with Gasteiger partial charge < -0.3 is 0 Å². The molecule has 24 heavy (non-hydrogen) atoms. The first-order valence-corrected chi connectivity index (χ1v) is 8.28. The van der Waals surface area contributed by atoms with E-state index in [9.17, 15) is 0 Å². The van der Waals surface area contributed by atoms with Crippen molar-refractivity contribution in [3.63, 3.8) is 0 Å². The fourth-order valence-electron chi connectivity index (χ4n) is 2.89. The monoisotopic (exact) mass is 326 g/mol. The van der Waals surface area contributed by atoms with E-state index in [1.807, 2.05) is 23.7 Å². The van der Waals surface area contributed by atoms with Crippen molar-refractivity contribution in [1.29, 1.82) is 0 Å². The summed E-state index contributed by atoms with van der Waals surface area (Å²) in [6.07, 6.45) is 1.92. The molecule has 6 heteroatoms. The number of aryl methyl sites for hydroxylation is 2. The quantitative estimate of drug-likeness (QED) is 0.800. The summed E-state index contributed by atoms with van der Waals surface area (Å²) in [5, 5.41) is 12.0. The van der Waals surface area contributed by atoms with Gasteiger partial charge in [0.05, 0.1) is 11.9 Å². The fraction of sp³-hybridized carbons (Fsp3) is 0.500. The van der Waals surface area contributed by atoms with Crippen molar-refractivity contribution < 1.29 is 0 Å². The van der Waals surface area contributed by atoms with Crippen molar-refractivity contribution in [3.8, 4) is 0 Å². The van der Waals surface area contributed by atoms with Gasteiger partial charge in [-0.3, -0.25) is 10.00 Å². The van der Waals surface area contributed by atoms with Gasteiger partial charge in [0.15, 0.2) is 5.65 Å². The molecule has 0 aliphatic heterocycles. The molecule has 3 aromatic heterocycles. The Morgan fingerprint density at radius 1 is 1.17 bits per heavy atom. The molecule has 3 aromatic rings. The zero-order valence-electron chi connectivity index (χ0n) is 15.4. The molecule has 3 rings (SSSR count). The first-order chi connectivity index (χ1) is 11.2. The minimum Gasteiger partial charge on any atom is -0.296 e. The van der Waals surface area contributed by atoms with Crippen molar-refractivity contribution in [2.75, 3.05) is 7.05 Å². The van der Waals surface area contributed by atoms with E-state index in [0.717, 1.165) is 47.1 Å². The number of fused-ring (bicyclic) bond motifs is 1. The fourth-order valence-corrected chi connectivity index (χ4v) is 2.89. The number of H-pyrrole nitrogens is 1. The SMILES string of the molecule is Cc1cc(C)n2ncc(CN(C)Cc3cc(C(C)(C)C)n[nH]3)c2n1. The number of hydrogen-bond donors (Lipinski definition) is 1. The van der Waals surface area contributed by atoms with Gasteiger partial charge in [0, 0.05) is 41.1 Å². The summed E-state index contributed by atoms with van der Waals surface area (Å²) in [5.41, 5.74) is 6.49.